The lowest BCUT2D eigenvalue weighted by Crippen LogP contribution is -2.38. The van der Waals surface area contributed by atoms with Gasteiger partial charge >= 0.3 is 6.18 Å². The molecule has 0 radical (unpaired) electrons. The van der Waals surface area contributed by atoms with Gasteiger partial charge in [-0.3, -0.25) is 4.79 Å². The third kappa shape index (κ3) is 3.94. The number of aliphatic hydroxyl groups is 1. The number of hydrogen-bond acceptors (Lipinski definition) is 6. The number of aliphatic hydroxyl groups excluding tert-OH is 1. The smallest absolute Gasteiger partial charge is 0.395 e. The van der Waals surface area contributed by atoms with Crippen LogP contribution in [0.3, 0.4) is 0 Å². The number of fused-ring (bicyclic) bond motifs is 1. The standard InChI is InChI=1S/C21H25F3N6O2/c22-21(23,24)14-9-16(32)28-18-17(14)20(26-11-25-18)29-5-3-13(4-6-29)19-27-15(12-1-2-12)10-30(19)7-8-31/h10-14,31H,1-9H2,(H,25,26,28,32). The third-order valence-corrected chi connectivity index (χ3v) is 6.58. The molecule has 2 N–H and O–H groups in total. The Morgan fingerprint density at radius 3 is 2.53 bits per heavy atom. The molecule has 2 aliphatic heterocycles. The van der Waals surface area contributed by atoms with E-state index in [4.69, 9.17) is 4.98 Å². The second-order valence-electron chi connectivity index (χ2n) is 8.78. The molecule has 1 atom stereocenters. The zero-order chi connectivity index (χ0) is 22.5. The number of amides is 1. The van der Waals surface area contributed by atoms with Crippen molar-refractivity contribution in [1.29, 1.82) is 0 Å². The van der Waals surface area contributed by atoms with Crippen LogP contribution in [-0.4, -0.2) is 56.4 Å². The minimum atomic E-state index is -4.56. The molecule has 1 aliphatic carbocycles. The molecule has 2 aromatic heterocycles. The van der Waals surface area contributed by atoms with Gasteiger partial charge in [0.05, 0.1) is 23.8 Å². The number of nitrogens with zero attached hydrogens (tertiary/aromatic N) is 5. The first-order valence-corrected chi connectivity index (χ1v) is 11.0. The molecular weight excluding hydrogens is 425 g/mol. The highest BCUT2D eigenvalue weighted by atomic mass is 19.4. The fourth-order valence-electron chi connectivity index (χ4n) is 4.80. The van der Waals surface area contributed by atoms with Crippen molar-refractivity contribution in [3.05, 3.63) is 29.6 Å². The molecule has 0 spiro atoms. The van der Waals surface area contributed by atoms with Crippen molar-refractivity contribution in [2.75, 3.05) is 29.9 Å². The SMILES string of the molecule is O=C1CC(C(F)(F)F)c2c(ncnc2N2CCC(c3nc(C4CC4)cn3CCO)CC2)N1. The minimum Gasteiger partial charge on any atom is -0.395 e. The van der Waals surface area contributed by atoms with E-state index in [2.05, 4.69) is 15.3 Å². The van der Waals surface area contributed by atoms with Gasteiger partial charge in [-0.25, -0.2) is 15.0 Å². The zero-order valence-electron chi connectivity index (χ0n) is 17.5. The highest BCUT2D eigenvalue weighted by molar-refractivity contribution is 5.94. The molecule has 2 fully saturated rings. The Bertz CT molecular complexity index is 1010. The van der Waals surface area contributed by atoms with Crippen LogP contribution in [0.25, 0.3) is 0 Å². The Morgan fingerprint density at radius 1 is 1.12 bits per heavy atom. The van der Waals surface area contributed by atoms with E-state index in [-0.39, 0.29) is 29.7 Å². The molecule has 172 valence electrons. The summed E-state index contributed by atoms with van der Waals surface area (Å²) in [6, 6.07) is 0. The summed E-state index contributed by atoms with van der Waals surface area (Å²) in [5.41, 5.74) is 1.03. The van der Waals surface area contributed by atoms with Crippen LogP contribution >= 0.6 is 0 Å². The van der Waals surface area contributed by atoms with Crippen LogP contribution in [0.15, 0.2) is 12.5 Å². The number of aromatic nitrogens is 4. The molecule has 1 unspecified atom stereocenters. The molecule has 11 heteroatoms. The molecular formula is C21H25F3N6O2. The van der Waals surface area contributed by atoms with Gasteiger partial charge in [0.25, 0.3) is 0 Å². The number of alkyl halides is 3. The first-order valence-electron chi connectivity index (χ1n) is 11.0. The van der Waals surface area contributed by atoms with Crippen LogP contribution in [0, 0.1) is 0 Å². The average Bonchev–Trinajstić information content (AvgIpc) is 3.53. The number of anilines is 2. The summed E-state index contributed by atoms with van der Waals surface area (Å²) in [4.78, 5) is 26.6. The molecule has 0 bridgehead atoms. The van der Waals surface area contributed by atoms with E-state index in [9.17, 15) is 23.1 Å². The Labute approximate surface area is 182 Å². The second kappa shape index (κ2) is 8.02. The van der Waals surface area contributed by atoms with Gasteiger partial charge in [0, 0.05) is 44.1 Å². The zero-order valence-corrected chi connectivity index (χ0v) is 17.5. The number of nitrogens with one attached hydrogen (secondary N) is 1. The highest BCUT2D eigenvalue weighted by Gasteiger charge is 2.48. The lowest BCUT2D eigenvalue weighted by Gasteiger charge is -2.36. The van der Waals surface area contributed by atoms with Crippen LogP contribution in [0.1, 0.15) is 66.9 Å². The molecule has 3 aliphatic rings. The van der Waals surface area contributed by atoms with Crippen LogP contribution < -0.4 is 10.2 Å². The molecule has 1 saturated carbocycles. The first kappa shape index (κ1) is 21.2. The predicted molar refractivity (Wildman–Crippen MR) is 110 cm³/mol. The summed E-state index contributed by atoms with van der Waals surface area (Å²) >= 11 is 0. The molecule has 1 saturated heterocycles. The van der Waals surface area contributed by atoms with E-state index >= 15 is 0 Å². The summed E-state index contributed by atoms with van der Waals surface area (Å²) in [6.45, 7) is 1.57. The molecule has 2 aromatic rings. The fourth-order valence-corrected chi connectivity index (χ4v) is 4.80. The first-order chi connectivity index (χ1) is 15.3. The van der Waals surface area contributed by atoms with Gasteiger partial charge in [-0.05, 0) is 25.7 Å². The van der Waals surface area contributed by atoms with Gasteiger partial charge in [-0.15, -0.1) is 0 Å². The van der Waals surface area contributed by atoms with Gasteiger partial charge in [-0.1, -0.05) is 0 Å². The third-order valence-electron chi connectivity index (χ3n) is 6.58. The van der Waals surface area contributed by atoms with E-state index in [1.165, 1.54) is 6.33 Å². The molecule has 8 nitrogen and oxygen atoms in total. The Morgan fingerprint density at radius 2 is 1.88 bits per heavy atom. The van der Waals surface area contributed by atoms with E-state index in [1.54, 1.807) is 0 Å². The summed E-state index contributed by atoms with van der Waals surface area (Å²) in [5.74, 6) is -0.783. The molecule has 0 aromatic carbocycles. The fraction of sp³-hybridized carbons (Fsp3) is 0.619. The van der Waals surface area contributed by atoms with Crippen molar-refractivity contribution in [3.8, 4) is 0 Å². The van der Waals surface area contributed by atoms with E-state index in [0.29, 0.717) is 38.4 Å². The van der Waals surface area contributed by atoms with E-state index < -0.39 is 24.4 Å². The lowest BCUT2D eigenvalue weighted by atomic mass is 9.90. The van der Waals surface area contributed by atoms with Crippen LogP contribution in [0.5, 0.6) is 0 Å². The number of imidazole rings is 1. The van der Waals surface area contributed by atoms with Gasteiger partial charge < -0.3 is 19.9 Å². The molecule has 32 heavy (non-hydrogen) atoms. The molecule has 1 amide bonds. The van der Waals surface area contributed by atoms with Crippen molar-refractivity contribution in [1.82, 2.24) is 19.5 Å². The van der Waals surface area contributed by atoms with Gasteiger partial charge in [0.2, 0.25) is 5.91 Å². The quantitative estimate of drug-likeness (QED) is 0.727. The van der Waals surface area contributed by atoms with Crippen molar-refractivity contribution in [3.63, 3.8) is 0 Å². The maximum absolute atomic E-state index is 13.7. The van der Waals surface area contributed by atoms with E-state index in [1.807, 2.05) is 15.7 Å². The van der Waals surface area contributed by atoms with Crippen molar-refractivity contribution < 1.29 is 23.1 Å². The Kier molecular flexibility index (Phi) is 5.31. The number of carbonyl (C=O) groups excluding carboxylic acids is 1. The number of halogens is 3. The van der Waals surface area contributed by atoms with Crippen molar-refractivity contribution in [2.45, 2.75) is 62.6 Å². The molecule has 4 heterocycles. The summed E-state index contributed by atoms with van der Waals surface area (Å²) in [5, 5.41) is 11.9. The maximum Gasteiger partial charge on any atom is 0.396 e. The van der Waals surface area contributed by atoms with Crippen molar-refractivity contribution >= 4 is 17.5 Å². The van der Waals surface area contributed by atoms with Crippen LogP contribution in [0.2, 0.25) is 0 Å². The monoisotopic (exact) mass is 450 g/mol. The molecule has 5 rings (SSSR count). The van der Waals surface area contributed by atoms with E-state index in [0.717, 1.165) is 24.4 Å². The van der Waals surface area contributed by atoms with Gasteiger partial charge in [-0.2, -0.15) is 13.2 Å². The van der Waals surface area contributed by atoms with Crippen LogP contribution in [0.4, 0.5) is 24.8 Å². The highest BCUT2D eigenvalue weighted by Crippen LogP contribution is 2.47. The lowest BCUT2D eigenvalue weighted by molar-refractivity contribution is -0.156. The average molecular weight is 450 g/mol. The van der Waals surface area contributed by atoms with Crippen LogP contribution in [-0.2, 0) is 11.3 Å². The topological polar surface area (TPSA) is 96.2 Å². The van der Waals surface area contributed by atoms with Crippen molar-refractivity contribution in [2.24, 2.45) is 0 Å². The normalized spacial score (nSPS) is 22.1. The second-order valence-corrected chi connectivity index (χ2v) is 8.78. The number of piperidine rings is 1. The summed E-state index contributed by atoms with van der Waals surface area (Å²) in [7, 11) is 0. The Balaban J connectivity index is 1.38. The maximum atomic E-state index is 13.7. The summed E-state index contributed by atoms with van der Waals surface area (Å²) in [6.07, 6.45) is 1.74. The largest absolute Gasteiger partial charge is 0.396 e. The van der Waals surface area contributed by atoms with Gasteiger partial charge in [0.1, 0.15) is 23.8 Å². The predicted octanol–water partition coefficient (Wildman–Crippen LogP) is 2.91. The summed E-state index contributed by atoms with van der Waals surface area (Å²) < 4.78 is 43.2. The minimum absolute atomic E-state index is 0.0317. The number of carbonyl (C=O) groups is 1. The number of rotatable bonds is 5. The number of hydrogen-bond donors (Lipinski definition) is 2. The Hall–Kier alpha value is -2.69. The van der Waals surface area contributed by atoms with Gasteiger partial charge in [0.15, 0.2) is 0 Å².